The van der Waals surface area contributed by atoms with Gasteiger partial charge in [0.25, 0.3) is 0 Å². The third kappa shape index (κ3) is 4.09. The van der Waals surface area contributed by atoms with E-state index >= 15 is 0 Å². The topological polar surface area (TPSA) is 94.8 Å². The highest BCUT2D eigenvalue weighted by Crippen LogP contribution is 2.29. The summed E-state index contributed by atoms with van der Waals surface area (Å²) in [7, 11) is 0. The van der Waals surface area contributed by atoms with Gasteiger partial charge >= 0.3 is 11.9 Å². The molecule has 0 spiro atoms. The van der Waals surface area contributed by atoms with E-state index in [1.807, 2.05) is 0 Å². The van der Waals surface area contributed by atoms with Crippen LogP contribution in [0.25, 0.3) is 0 Å². The number of hydrogen-bond donors (Lipinski definition) is 1. The lowest BCUT2D eigenvalue weighted by Gasteiger charge is -2.07. The van der Waals surface area contributed by atoms with Gasteiger partial charge in [0.1, 0.15) is 16.9 Å². The van der Waals surface area contributed by atoms with E-state index in [1.165, 1.54) is 6.92 Å². The Balaban J connectivity index is 3.32. The molecule has 0 fully saturated rings. The highest BCUT2D eigenvalue weighted by molar-refractivity contribution is 9.10. The van der Waals surface area contributed by atoms with E-state index in [-0.39, 0.29) is 36.0 Å². The molecule has 1 N–H and O–H groups in total. The molecule has 0 bridgehead atoms. The Hall–Kier alpha value is -1.83. The van der Waals surface area contributed by atoms with Crippen LogP contribution in [-0.4, -0.2) is 35.9 Å². The van der Waals surface area contributed by atoms with Gasteiger partial charge in [-0.1, -0.05) is 15.9 Å². The molecule has 1 atom stereocenters. The number of halogens is 1. The molecule has 0 radical (unpaired) electrons. The van der Waals surface area contributed by atoms with Crippen molar-refractivity contribution in [3.63, 3.8) is 0 Å². The van der Waals surface area contributed by atoms with Crippen LogP contribution in [0.3, 0.4) is 0 Å². The predicted octanol–water partition coefficient (Wildman–Crippen LogP) is 2.66. The van der Waals surface area contributed by atoms with Crippen molar-refractivity contribution in [1.82, 2.24) is 0 Å². The van der Waals surface area contributed by atoms with Crippen molar-refractivity contribution in [3.8, 4) is 0 Å². The van der Waals surface area contributed by atoms with Gasteiger partial charge in [-0.05, 0) is 27.7 Å². The molecule has 0 saturated heterocycles. The first-order chi connectivity index (χ1) is 10.3. The van der Waals surface area contributed by atoms with E-state index in [4.69, 9.17) is 13.9 Å². The van der Waals surface area contributed by atoms with Gasteiger partial charge in [-0.2, -0.15) is 0 Å². The van der Waals surface area contributed by atoms with Crippen LogP contribution in [0, 0.1) is 6.92 Å². The zero-order valence-corrected chi connectivity index (χ0v) is 14.4. The van der Waals surface area contributed by atoms with Gasteiger partial charge in [-0.3, -0.25) is 10.1 Å². The lowest BCUT2D eigenvalue weighted by Crippen LogP contribution is -2.22. The molecular weight excluding hydrogens is 358 g/mol. The van der Waals surface area contributed by atoms with E-state index in [0.29, 0.717) is 0 Å². The Morgan fingerprint density at radius 2 is 1.64 bits per heavy atom. The minimum atomic E-state index is -0.764. The Kier molecular flexibility index (Phi) is 6.61. The van der Waals surface area contributed by atoms with Gasteiger partial charge < -0.3 is 13.9 Å². The van der Waals surface area contributed by atoms with Crippen molar-refractivity contribution < 1.29 is 28.3 Å². The fraction of sp³-hybridized carbons (Fsp3) is 0.500. The number of alkyl halides is 1. The summed E-state index contributed by atoms with van der Waals surface area (Å²) in [4.78, 5) is 35.4. The minimum Gasteiger partial charge on any atom is -0.462 e. The van der Waals surface area contributed by atoms with Gasteiger partial charge in [-0.25, -0.2) is 9.59 Å². The molecule has 1 aromatic heterocycles. The molecule has 1 aromatic rings. The molecule has 0 saturated carbocycles. The lowest BCUT2D eigenvalue weighted by molar-refractivity contribution is -0.115. The van der Waals surface area contributed by atoms with E-state index in [9.17, 15) is 14.4 Å². The standard InChI is InChI=1S/C14H18BrNO6/c1-5-20-13(18)9-8(4)22-12(16-11(17)7(3)15)10(9)14(19)21-6-2/h7H,5-6H2,1-4H3,(H,16,17). The van der Waals surface area contributed by atoms with Crippen molar-refractivity contribution in [1.29, 1.82) is 0 Å². The first-order valence-electron chi connectivity index (χ1n) is 6.75. The van der Waals surface area contributed by atoms with Crippen LogP contribution in [0.5, 0.6) is 0 Å². The number of anilines is 1. The highest BCUT2D eigenvalue weighted by atomic mass is 79.9. The summed E-state index contributed by atoms with van der Waals surface area (Å²) in [5.41, 5.74) is -0.183. The van der Waals surface area contributed by atoms with Crippen molar-refractivity contribution in [3.05, 3.63) is 16.9 Å². The molecular formula is C14H18BrNO6. The number of amides is 1. The number of esters is 2. The molecule has 1 unspecified atom stereocenters. The second kappa shape index (κ2) is 7.98. The first-order valence-corrected chi connectivity index (χ1v) is 7.67. The summed E-state index contributed by atoms with van der Waals surface area (Å²) in [6, 6.07) is 0. The van der Waals surface area contributed by atoms with E-state index in [2.05, 4.69) is 21.2 Å². The highest BCUT2D eigenvalue weighted by Gasteiger charge is 2.31. The molecule has 1 amide bonds. The molecule has 122 valence electrons. The summed E-state index contributed by atoms with van der Waals surface area (Å²) in [5.74, 6) is -1.86. The van der Waals surface area contributed by atoms with E-state index in [0.717, 1.165) is 0 Å². The number of carbonyl (C=O) groups is 3. The third-order valence-corrected chi connectivity index (χ3v) is 3.06. The molecule has 1 heterocycles. The van der Waals surface area contributed by atoms with Crippen molar-refractivity contribution in [2.45, 2.75) is 32.5 Å². The van der Waals surface area contributed by atoms with E-state index in [1.54, 1.807) is 20.8 Å². The SMILES string of the molecule is CCOC(=O)c1c(C)oc(NC(=O)C(C)Br)c1C(=O)OCC. The van der Waals surface area contributed by atoms with Gasteiger partial charge in [0.2, 0.25) is 11.8 Å². The Bertz CT molecular complexity index is 578. The molecule has 1 rings (SSSR count). The number of ether oxygens (including phenoxy) is 2. The van der Waals surface area contributed by atoms with Crippen LogP contribution >= 0.6 is 15.9 Å². The van der Waals surface area contributed by atoms with Crippen LogP contribution in [0.4, 0.5) is 5.88 Å². The fourth-order valence-corrected chi connectivity index (χ4v) is 1.81. The zero-order chi connectivity index (χ0) is 16.9. The van der Waals surface area contributed by atoms with Gasteiger partial charge in [0, 0.05) is 0 Å². The van der Waals surface area contributed by atoms with Crippen LogP contribution in [0.2, 0.25) is 0 Å². The summed E-state index contributed by atoms with van der Waals surface area (Å²) in [5, 5.41) is 2.45. The van der Waals surface area contributed by atoms with Gasteiger partial charge in [0.05, 0.1) is 18.0 Å². The molecule has 22 heavy (non-hydrogen) atoms. The molecule has 0 aliphatic rings. The normalized spacial score (nSPS) is 11.7. The quantitative estimate of drug-likeness (QED) is 0.606. The zero-order valence-electron chi connectivity index (χ0n) is 12.8. The summed E-state index contributed by atoms with van der Waals surface area (Å²) < 4.78 is 15.2. The maximum absolute atomic E-state index is 12.1. The summed E-state index contributed by atoms with van der Waals surface area (Å²) in [6.45, 7) is 6.66. The number of furan rings is 1. The van der Waals surface area contributed by atoms with Crippen molar-refractivity contribution >= 4 is 39.7 Å². The van der Waals surface area contributed by atoms with Crippen LogP contribution < -0.4 is 5.32 Å². The smallest absolute Gasteiger partial charge is 0.344 e. The second-order valence-electron chi connectivity index (χ2n) is 4.28. The van der Waals surface area contributed by atoms with Crippen molar-refractivity contribution in [2.75, 3.05) is 18.5 Å². The van der Waals surface area contributed by atoms with Crippen LogP contribution in [0.15, 0.2) is 4.42 Å². The monoisotopic (exact) mass is 375 g/mol. The Labute approximate surface area is 136 Å². The average molecular weight is 376 g/mol. The van der Waals surface area contributed by atoms with E-state index < -0.39 is 22.7 Å². The molecule has 0 aliphatic carbocycles. The Morgan fingerprint density at radius 1 is 1.14 bits per heavy atom. The number of hydrogen-bond acceptors (Lipinski definition) is 6. The molecule has 7 nitrogen and oxygen atoms in total. The number of aryl methyl sites for hydroxylation is 1. The Morgan fingerprint density at radius 3 is 2.09 bits per heavy atom. The molecule has 0 aliphatic heterocycles. The number of carbonyl (C=O) groups excluding carboxylic acids is 3. The minimum absolute atomic E-state index is 0.0437. The largest absolute Gasteiger partial charge is 0.462 e. The van der Waals surface area contributed by atoms with Crippen molar-refractivity contribution in [2.24, 2.45) is 0 Å². The summed E-state index contributed by atoms with van der Waals surface area (Å²) >= 11 is 3.11. The maximum atomic E-state index is 12.1. The predicted molar refractivity (Wildman–Crippen MR) is 82.4 cm³/mol. The second-order valence-corrected chi connectivity index (χ2v) is 5.66. The molecule has 8 heteroatoms. The third-order valence-electron chi connectivity index (χ3n) is 2.64. The lowest BCUT2D eigenvalue weighted by atomic mass is 10.1. The molecule has 0 aromatic carbocycles. The number of rotatable bonds is 6. The fourth-order valence-electron chi connectivity index (χ4n) is 1.69. The van der Waals surface area contributed by atoms with Crippen LogP contribution in [0.1, 0.15) is 47.2 Å². The summed E-state index contributed by atoms with van der Waals surface area (Å²) in [6.07, 6.45) is 0. The van der Waals surface area contributed by atoms with Gasteiger partial charge in [-0.15, -0.1) is 0 Å². The number of nitrogens with one attached hydrogen (secondary N) is 1. The maximum Gasteiger partial charge on any atom is 0.344 e. The van der Waals surface area contributed by atoms with Crippen LogP contribution in [-0.2, 0) is 14.3 Å². The van der Waals surface area contributed by atoms with Gasteiger partial charge in [0.15, 0.2) is 0 Å². The first kappa shape index (κ1) is 18.2. The average Bonchev–Trinajstić information content (AvgIpc) is 2.75.